The van der Waals surface area contributed by atoms with Crippen molar-refractivity contribution >= 4 is 11.8 Å². The molecule has 0 saturated heterocycles. The van der Waals surface area contributed by atoms with E-state index >= 15 is 0 Å². The highest BCUT2D eigenvalue weighted by atomic mass is 32.2. The van der Waals surface area contributed by atoms with E-state index in [1.54, 1.807) is 0 Å². The fraction of sp³-hybridized carbons (Fsp3) is 1.00. The third-order valence-electron chi connectivity index (χ3n) is 2.62. The van der Waals surface area contributed by atoms with E-state index in [1.165, 1.54) is 30.8 Å². The van der Waals surface area contributed by atoms with Gasteiger partial charge in [0, 0.05) is 0 Å². The minimum absolute atomic E-state index is 0.397. The Kier molecular flexibility index (Phi) is 6.96. The van der Waals surface area contributed by atoms with E-state index in [-0.39, 0.29) is 0 Å². The summed E-state index contributed by atoms with van der Waals surface area (Å²) in [5.41, 5.74) is 6.12. The minimum atomic E-state index is 0.397. The lowest BCUT2D eigenvalue weighted by atomic mass is 9.83. The molecule has 0 aromatic carbocycles. The molecule has 2 N–H and O–H groups in total. The van der Waals surface area contributed by atoms with Gasteiger partial charge in [-0.25, -0.2) is 0 Å². The Bertz CT molecular complexity index is 100. The molecule has 2 heteroatoms. The normalized spacial score (nSPS) is 16.0. The van der Waals surface area contributed by atoms with E-state index < -0.39 is 0 Å². The van der Waals surface area contributed by atoms with Gasteiger partial charge in [-0.05, 0) is 42.7 Å². The molecule has 0 bridgehead atoms. The fourth-order valence-corrected chi connectivity index (χ4v) is 1.81. The number of nitrogens with two attached hydrogens (primary N) is 1. The summed E-state index contributed by atoms with van der Waals surface area (Å²) in [5.74, 6) is 2.54. The van der Waals surface area contributed by atoms with Crippen LogP contribution in [0.25, 0.3) is 0 Å². The Hall–Kier alpha value is 0.310. The Morgan fingerprint density at radius 2 is 2.00 bits per heavy atom. The van der Waals surface area contributed by atoms with Crippen LogP contribution in [0.4, 0.5) is 0 Å². The lowest BCUT2D eigenvalue weighted by molar-refractivity contribution is 0.294. The Balaban J connectivity index is 3.45. The molecule has 0 spiro atoms. The third-order valence-corrected chi connectivity index (χ3v) is 3.61. The predicted octanol–water partition coefficient (Wildman–Crippen LogP) is 2.89. The summed E-state index contributed by atoms with van der Waals surface area (Å²) < 4.78 is 0. The van der Waals surface area contributed by atoms with E-state index in [4.69, 9.17) is 5.73 Å². The van der Waals surface area contributed by atoms with Crippen molar-refractivity contribution in [2.45, 2.75) is 40.0 Å². The molecule has 12 heavy (non-hydrogen) atoms. The third kappa shape index (κ3) is 5.04. The first kappa shape index (κ1) is 12.3. The van der Waals surface area contributed by atoms with E-state index in [2.05, 4.69) is 20.8 Å². The van der Waals surface area contributed by atoms with Gasteiger partial charge in [0.25, 0.3) is 0 Å². The smallest absolute Gasteiger partial charge is 0.00233 e. The highest BCUT2D eigenvalue weighted by molar-refractivity contribution is 7.99. The van der Waals surface area contributed by atoms with Crippen molar-refractivity contribution in [3.63, 3.8) is 0 Å². The van der Waals surface area contributed by atoms with Crippen LogP contribution in [0.2, 0.25) is 0 Å². The molecule has 0 rings (SSSR count). The lowest BCUT2D eigenvalue weighted by Gasteiger charge is -2.25. The summed E-state index contributed by atoms with van der Waals surface area (Å²) >= 11 is 2.03. The van der Waals surface area contributed by atoms with Crippen LogP contribution in [0, 0.1) is 5.41 Å². The van der Waals surface area contributed by atoms with Crippen molar-refractivity contribution in [3.05, 3.63) is 0 Å². The van der Waals surface area contributed by atoms with Crippen molar-refractivity contribution in [1.29, 1.82) is 0 Å². The molecule has 0 aromatic heterocycles. The highest BCUT2D eigenvalue weighted by Crippen LogP contribution is 2.26. The van der Waals surface area contributed by atoms with E-state index in [9.17, 15) is 0 Å². The van der Waals surface area contributed by atoms with Crippen LogP contribution in [0.5, 0.6) is 0 Å². The zero-order chi connectivity index (χ0) is 9.45. The maximum absolute atomic E-state index is 5.73. The van der Waals surface area contributed by atoms with E-state index in [1.807, 2.05) is 11.8 Å². The maximum Gasteiger partial charge on any atom is -0.00233 e. The van der Waals surface area contributed by atoms with Gasteiger partial charge in [0.2, 0.25) is 0 Å². The molecular formula is C10H23NS. The first-order valence-corrected chi connectivity index (χ1v) is 6.12. The van der Waals surface area contributed by atoms with Gasteiger partial charge in [-0.3, -0.25) is 0 Å². The van der Waals surface area contributed by atoms with Crippen molar-refractivity contribution in [1.82, 2.24) is 0 Å². The van der Waals surface area contributed by atoms with Gasteiger partial charge in [-0.2, -0.15) is 11.8 Å². The van der Waals surface area contributed by atoms with Crippen LogP contribution in [0.3, 0.4) is 0 Å². The van der Waals surface area contributed by atoms with Crippen molar-refractivity contribution in [2.24, 2.45) is 11.1 Å². The molecule has 0 aromatic rings. The Morgan fingerprint density at radius 1 is 1.33 bits per heavy atom. The van der Waals surface area contributed by atoms with Gasteiger partial charge in [0.1, 0.15) is 0 Å². The molecule has 0 radical (unpaired) electrons. The van der Waals surface area contributed by atoms with Crippen LogP contribution in [-0.4, -0.2) is 18.1 Å². The van der Waals surface area contributed by atoms with Crippen molar-refractivity contribution < 1.29 is 0 Å². The van der Waals surface area contributed by atoms with Crippen LogP contribution < -0.4 is 5.73 Å². The second-order valence-electron chi connectivity index (χ2n) is 3.67. The van der Waals surface area contributed by atoms with Gasteiger partial charge in [-0.1, -0.05) is 20.8 Å². The first-order chi connectivity index (χ1) is 5.68. The lowest BCUT2D eigenvalue weighted by Crippen LogP contribution is -2.26. The van der Waals surface area contributed by atoms with Gasteiger partial charge in [0.05, 0.1) is 0 Å². The number of rotatable bonds is 7. The molecule has 0 aliphatic heterocycles. The molecule has 0 fully saturated rings. The van der Waals surface area contributed by atoms with Gasteiger partial charge >= 0.3 is 0 Å². The summed E-state index contributed by atoms with van der Waals surface area (Å²) in [6.07, 6.45) is 3.81. The van der Waals surface area contributed by atoms with Crippen molar-refractivity contribution in [2.75, 3.05) is 18.1 Å². The predicted molar refractivity (Wildman–Crippen MR) is 59.7 cm³/mol. The average Bonchev–Trinajstić information content (AvgIpc) is 2.12. The summed E-state index contributed by atoms with van der Waals surface area (Å²) in [5, 5.41) is 0. The monoisotopic (exact) mass is 189 g/mol. The zero-order valence-corrected chi connectivity index (χ0v) is 9.54. The molecule has 1 nitrogen and oxygen atoms in total. The second-order valence-corrected chi connectivity index (χ2v) is 5.06. The van der Waals surface area contributed by atoms with Gasteiger partial charge in [0.15, 0.2) is 0 Å². The summed E-state index contributed by atoms with van der Waals surface area (Å²) in [6.45, 7) is 7.58. The Labute approximate surface area is 81.5 Å². The fourth-order valence-electron chi connectivity index (χ4n) is 1.17. The first-order valence-electron chi connectivity index (χ1n) is 4.96. The highest BCUT2D eigenvalue weighted by Gasteiger charge is 2.18. The number of hydrogen-bond acceptors (Lipinski definition) is 2. The van der Waals surface area contributed by atoms with Crippen LogP contribution in [0.1, 0.15) is 40.0 Å². The molecular weight excluding hydrogens is 166 g/mol. The Morgan fingerprint density at radius 3 is 2.42 bits per heavy atom. The molecule has 0 amide bonds. The summed E-state index contributed by atoms with van der Waals surface area (Å²) in [4.78, 5) is 0. The number of thioether (sulfide) groups is 1. The second kappa shape index (κ2) is 6.79. The maximum atomic E-state index is 5.73. The molecule has 0 saturated carbocycles. The van der Waals surface area contributed by atoms with E-state index in [0.29, 0.717) is 5.41 Å². The largest absolute Gasteiger partial charge is 0.330 e. The molecule has 0 heterocycles. The standard InChI is InChI=1S/C10H23NS/c1-4-10(3,9-11)7-6-8-12-5-2/h4-9,11H2,1-3H3. The van der Waals surface area contributed by atoms with Crippen LogP contribution in [-0.2, 0) is 0 Å². The molecule has 0 aliphatic rings. The topological polar surface area (TPSA) is 26.0 Å². The van der Waals surface area contributed by atoms with Crippen LogP contribution in [0.15, 0.2) is 0 Å². The minimum Gasteiger partial charge on any atom is -0.330 e. The SMILES string of the molecule is CCSCCCC(C)(CC)CN. The molecule has 1 unspecified atom stereocenters. The molecule has 1 atom stereocenters. The zero-order valence-electron chi connectivity index (χ0n) is 8.73. The van der Waals surface area contributed by atoms with Crippen LogP contribution >= 0.6 is 11.8 Å². The quantitative estimate of drug-likeness (QED) is 0.623. The summed E-state index contributed by atoms with van der Waals surface area (Å²) in [6, 6.07) is 0. The van der Waals surface area contributed by atoms with Gasteiger partial charge in [-0.15, -0.1) is 0 Å². The summed E-state index contributed by atoms with van der Waals surface area (Å²) in [7, 11) is 0. The van der Waals surface area contributed by atoms with Gasteiger partial charge < -0.3 is 5.73 Å². The van der Waals surface area contributed by atoms with Crippen molar-refractivity contribution in [3.8, 4) is 0 Å². The number of hydrogen-bond donors (Lipinski definition) is 1. The molecule has 0 aliphatic carbocycles. The molecule has 74 valence electrons. The van der Waals surface area contributed by atoms with E-state index in [0.717, 1.165) is 6.54 Å². The average molecular weight is 189 g/mol.